The van der Waals surface area contributed by atoms with Gasteiger partial charge in [0.05, 0.1) is 16.3 Å². The summed E-state index contributed by atoms with van der Waals surface area (Å²) in [4.78, 5) is 29.2. The van der Waals surface area contributed by atoms with Gasteiger partial charge in [0.1, 0.15) is 16.1 Å². The van der Waals surface area contributed by atoms with Crippen molar-refractivity contribution >= 4 is 45.0 Å². The first-order valence-corrected chi connectivity index (χ1v) is 9.19. The Hall–Kier alpha value is -2.78. The molecule has 7 nitrogen and oxygen atoms in total. The Balaban J connectivity index is 2.05. The maximum Gasteiger partial charge on any atom is 0.274 e. The molecule has 0 spiro atoms. The van der Waals surface area contributed by atoms with Gasteiger partial charge in [0.2, 0.25) is 0 Å². The Morgan fingerprint density at radius 3 is 2.68 bits per heavy atom. The Kier molecular flexibility index (Phi) is 5.76. The lowest BCUT2D eigenvalue weighted by Crippen LogP contribution is -2.24. The first-order chi connectivity index (χ1) is 13.3. The average Bonchev–Trinajstić information content (AvgIpc) is 3.05. The summed E-state index contributed by atoms with van der Waals surface area (Å²) >= 11 is 9.40. The summed E-state index contributed by atoms with van der Waals surface area (Å²) in [6.45, 7) is 1.59. The lowest BCUT2D eigenvalue weighted by molar-refractivity contribution is 0.0963. The molecule has 3 aromatic rings. The minimum atomic E-state index is -0.581. The molecule has 0 aliphatic heterocycles. The molecule has 0 radical (unpaired) electrons. The van der Waals surface area contributed by atoms with Gasteiger partial charge in [-0.05, 0) is 52.7 Å². The number of carbonyl (C=O) groups is 2. The zero-order chi connectivity index (χ0) is 20.4. The number of carbonyl (C=O) groups excluding carboxylic acids is 2. The van der Waals surface area contributed by atoms with Crippen molar-refractivity contribution in [3.63, 3.8) is 0 Å². The number of pyridine rings is 1. The third kappa shape index (κ3) is 3.90. The van der Waals surface area contributed by atoms with Crippen LogP contribution in [-0.4, -0.2) is 33.6 Å². The number of aromatic nitrogens is 3. The van der Waals surface area contributed by atoms with E-state index in [4.69, 9.17) is 11.6 Å². The number of hydrogen-bond acceptors (Lipinski definition) is 4. The topological polar surface area (TPSA) is 88.9 Å². The molecule has 144 valence electrons. The van der Waals surface area contributed by atoms with Crippen LogP contribution >= 0.6 is 27.5 Å². The number of amides is 2. The summed E-state index contributed by atoms with van der Waals surface area (Å²) in [6, 6.07) is 7.05. The van der Waals surface area contributed by atoms with Crippen molar-refractivity contribution in [3.8, 4) is 5.82 Å². The van der Waals surface area contributed by atoms with Crippen LogP contribution in [0.4, 0.5) is 10.1 Å². The van der Waals surface area contributed by atoms with Crippen LogP contribution < -0.4 is 10.6 Å². The summed E-state index contributed by atoms with van der Waals surface area (Å²) < 4.78 is 15.4. The lowest BCUT2D eigenvalue weighted by Gasteiger charge is -2.14. The highest BCUT2D eigenvalue weighted by Crippen LogP contribution is 2.25. The standard InChI is InChI=1S/C18H14BrClFN5O2/c1-9-6-10(21)7-11(17(27)22-2)15(9)24-18(28)13-8-14(19)25-26(13)16-12(20)4-3-5-23-16/h3-8H,1-2H3,(H,22,27)(H,24,28). The molecule has 28 heavy (non-hydrogen) atoms. The summed E-state index contributed by atoms with van der Waals surface area (Å²) in [5, 5.41) is 9.59. The van der Waals surface area contributed by atoms with E-state index in [1.807, 2.05) is 0 Å². The molecule has 0 saturated carbocycles. The van der Waals surface area contributed by atoms with E-state index in [1.54, 1.807) is 19.1 Å². The molecule has 10 heteroatoms. The number of hydrogen-bond donors (Lipinski definition) is 2. The quantitative estimate of drug-likeness (QED) is 0.613. The molecule has 0 aliphatic rings. The highest BCUT2D eigenvalue weighted by Gasteiger charge is 2.22. The van der Waals surface area contributed by atoms with E-state index in [9.17, 15) is 14.0 Å². The number of aryl methyl sites for hydroxylation is 1. The molecular weight excluding hydrogens is 453 g/mol. The SMILES string of the molecule is CNC(=O)c1cc(F)cc(C)c1NC(=O)c1cc(Br)nn1-c1ncccc1Cl. The van der Waals surface area contributed by atoms with Crippen LogP contribution in [0.3, 0.4) is 0 Å². The smallest absolute Gasteiger partial charge is 0.274 e. The molecule has 0 fully saturated rings. The average molecular weight is 467 g/mol. The van der Waals surface area contributed by atoms with Crippen molar-refractivity contribution in [2.75, 3.05) is 12.4 Å². The van der Waals surface area contributed by atoms with Crippen molar-refractivity contribution in [2.45, 2.75) is 6.92 Å². The number of benzene rings is 1. The zero-order valence-corrected chi connectivity index (χ0v) is 17.1. The predicted molar refractivity (Wildman–Crippen MR) is 107 cm³/mol. The number of nitrogens with zero attached hydrogens (tertiary/aromatic N) is 3. The van der Waals surface area contributed by atoms with Crippen molar-refractivity contribution < 1.29 is 14.0 Å². The van der Waals surface area contributed by atoms with Crippen LogP contribution in [-0.2, 0) is 0 Å². The van der Waals surface area contributed by atoms with Crippen molar-refractivity contribution in [3.05, 3.63) is 68.8 Å². The fraction of sp³-hybridized carbons (Fsp3) is 0.111. The third-order valence-corrected chi connectivity index (χ3v) is 4.54. The molecule has 0 unspecified atom stereocenters. The number of anilines is 1. The molecule has 2 amide bonds. The molecule has 1 aromatic carbocycles. The van der Waals surface area contributed by atoms with Gasteiger partial charge in [0, 0.05) is 19.3 Å². The zero-order valence-electron chi connectivity index (χ0n) is 14.8. The summed E-state index contributed by atoms with van der Waals surface area (Å²) in [7, 11) is 1.42. The predicted octanol–water partition coefficient (Wildman–Crippen LogP) is 3.74. The monoisotopic (exact) mass is 465 g/mol. The van der Waals surface area contributed by atoms with Crippen molar-refractivity contribution in [2.24, 2.45) is 0 Å². The van der Waals surface area contributed by atoms with Crippen LogP contribution in [0.2, 0.25) is 5.02 Å². The van der Waals surface area contributed by atoms with Gasteiger partial charge in [0.25, 0.3) is 11.8 Å². The first kappa shape index (κ1) is 20.0. The van der Waals surface area contributed by atoms with Crippen molar-refractivity contribution in [1.82, 2.24) is 20.1 Å². The molecular formula is C18H14BrClFN5O2. The van der Waals surface area contributed by atoms with Gasteiger partial charge in [-0.3, -0.25) is 9.59 Å². The second-order valence-electron chi connectivity index (χ2n) is 5.75. The van der Waals surface area contributed by atoms with E-state index in [0.29, 0.717) is 15.2 Å². The second kappa shape index (κ2) is 8.07. The third-order valence-electron chi connectivity index (χ3n) is 3.86. The normalized spacial score (nSPS) is 10.6. The van der Waals surface area contributed by atoms with Gasteiger partial charge in [-0.15, -0.1) is 0 Å². The van der Waals surface area contributed by atoms with Gasteiger partial charge >= 0.3 is 0 Å². The highest BCUT2D eigenvalue weighted by molar-refractivity contribution is 9.10. The largest absolute Gasteiger partial charge is 0.355 e. The van der Waals surface area contributed by atoms with E-state index in [1.165, 1.54) is 30.1 Å². The summed E-state index contributed by atoms with van der Waals surface area (Å²) in [5.41, 5.74) is 0.725. The summed E-state index contributed by atoms with van der Waals surface area (Å²) in [5.74, 6) is -1.41. The minimum absolute atomic E-state index is 0.00866. The lowest BCUT2D eigenvalue weighted by atomic mass is 10.1. The minimum Gasteiger partial charge on any atom is -0.355 e. The maximum atomic E-state index is 13.8. The molecule has 0 saturated heterocycles. The Morgan fingerprint density at radius 1 is 1.25 bits per heavy atom. The first-order valence-electron chi connectivity index (χ1n) is 8.02. The van der Waals surface area contributed by atoms with Gasteiger partial charge < -0.3 is 10.6 Å². The van der Waals surface area contributed by atoms with E-state index in [0.717, 1.165) is 6.07 Å². The summed E-state index contributed by atoms with van der Waals surface area (Å²) in [6.07, 6.45) is 1.52. The maximum absolute atomic E-state index is 13.8. The number of nitrogens with one attached hydrogen (secondary N) is 2. The number of rotatable bonds is 4. The van der Waals surface area contributed by atoms with Gasteiger partial charge in [0.15, 0.2) is 5.82 Å². The second-order valence-corrected chi connectivity index (χ2v) is 6.97. The molecule has 2 heterocycles. The highest BCUT2D eigenvalue weighted by atomic mass is 79.9. The number of halogens is 3. The Bertz CT molecular complexity index is 1090. The van der Waals surface area contributed by atoms with E-state index in [2.05, 4.69) is 36.6 Å². The fourth-order valence-corrected chi connectivity index (χ4v) is 3.19. The van der Waals surface area contributed by atoms with E-state index < -0.39 is 17.6 Å². The molecule has 0 bridgehead atoms. The van der Waals surface area contributed by atoms with Crippen LogP contribution in [0.1, 0.15) is 26.4 Å². The molecule has 0 aliphatic carbocycles. The molecule has 2 aromatic heterocycles. The van der Waals surface area contributed by atoms with E-state index in [-0.39, 0.29) is 22.8 Å². The van der Waals surface area contributed by atoms with Crippen LogP contribution in [0.15, 0.2) is 41.1 Å². The Morgan fingerprint density at radius 2 is 2.00 bits per heavy atom. The van der Waals surface area contributed by atoms with E-state index >= 15 is 0 Å². The van der Waals surface area contributed by atoms with Gasteiger partial charge in [-0.25, -0.2) is 14.1 Å². The van der Waals surface area contributed by atoms with Gasteiger partial charge in [-0.1, -0.05) is 11.6 Å². The molecule has 3 rings (SSSR count). The molecule has 2 N–H and O–H groups in total. The van der Waals surface area contributed by atoms with Gasteiger partial charge in [-0.2, -0.15) is 5.10 Å². The van der Waals surface area contributed by atoms with Crippen molar-refractivity contribution in [1.29, 1.82) is 0 Å². The fourth-order valence-electron chi connectivity index (χ4n) is 2.61. The van der Waals surface area contributed by atoms with Crippen LogP contribution in [0.5, 0.6) is 0 Å². The molecule has 0 atom stereocenters. The van der Waals surface area contributed by atoms with Crippen LogP contribution in [0.25, 0.3) is 5.82 Å². The Labute approximate surface area is 173 Å². The van der Waals surface area contributed by atoms with Crippen LogP contribution in [0, 0.1) is 12.7 Å².